The maximum Gasteiger partial charge on any atom is 0.199 e. The van der Waals surface area contributed by atoms with Gasteiger partial charge >= 0.3 is 0 Å². The zero-order valence-corrected chi connectivity index (χ0v) is 8.74. The Kier molecular flexibility index (Phi) is 2.73. The Balaban J connectivity index is 2.16. The molecule has 0 fully saturated rings. The molecule has 0 spiro atoms. The summed E-state index contributed by atoms with van der Waals surface area (Å²) in [5.74, 6) is 1.00. The van der Waals surface area contributed by atoms with Gasteiger partial charge in [-0.25, -0.2) is 4.99 Å². The molecule has 3 heteroatoms. The van der Waals surface area contributed by atoms with Gasteiger partial charge in [-0.2, -0.15) is 0 Å². The van der Waals surface area contributed by atoms with Gasteiger partial charge in [0.2, 0.25) is 0 Å². The Morgan fingerprint density at radius 1 is 1.36 bits per heavy atom. The van der Waals surface area contributed by atoms with E-state index in [1.165, 1.54) is 0 Å². The van der Waals surface area contributed by atoms with E-state index in [-0.39, 0.29) is 12.1 Å². The Hall–Kier alpha value is -1.02. The van der Waals surface area contributed by atoms with E-state index >= 15 is 0 Å². The summed E-state index contributed by atoms with van der Waals surface area (Å²) in [5, 5.41) is 0. The first kappa shape index (κ1) is 9.53. The highest BCUT2D eigenvalue weighted by molar-refractivity contribution is 6.27. The van der Waals surface area contributed by atoms with E-state index < -0.39 is 0 Å². The highest BCUT2D eigenvalue weighted by Crippen LogP contribution is 2.28. The first-order chi connectivity index (χ1) is 6.81. The smallest absolute Gasteiger partial charge is 0.199 e. The molecular formula is C11H12ClNO. The van der Waals surface area contributed by atoms with Crippen molar-refractivity contribution in [2.24, 2.45) is 4.99 Å². The van der Waals surface area contributed by atoms with Gasteiger partial charge in [0.05, 0.1) is 11.9 Å². The van der Waals surface area contributed by atoms with Crippen LogP contribution in [-0.4, -0.2) is 17.8 Å². The third-order valence-corrected chi connectivity index (χ3v) is 2.52. The largest absolute Gasteiger partial charge is 0.470 e. The molecule has 0 N–H and O–H groups in total. The van der Waals surface area contributed by atoms with Gasteiger partial charge in [-0.05, 0) is 12.5 Å². The zero-order valence-electron chi connectivity index (χ0n) is 7.98. The van der Waals surface area contributed by atoms with Crippen LogP contribution in [0, 0.1) is 0 Å². The van der Waals surface area contributed by atoms with Crippen molar-refractivity contribution in [2.45, 2.75) is 19.1 Å². The lowest BCUT2D eigenvalue weighted by atomic mass is 10.0. The quantitative estimate of drug-likeness (QED) is 0.687. The van der Waals surface area contributed by atoms with Crippen LogP contribution in [0.5, 0.6) is 0 Å². The molecule has 0 radical (unpaired) electrons. The Bertz CT molecular complexity index is 336. The average Bonchev–Trinajstić information content (AvgIpc) is 2.61. The minimum absolute atomic E-state index is 0.0324. The van der Waals surface area contributed by atoms with Crippen LogP contribution in [0.25, 0.3) is 0 Å². The topological polar surface area (TPSA) is 21.6 Å². The molecule has 1 aliphatic rings. The SMILES string of the molecule is C[C@H]1N=C(CCl)O[C@H]1c1ccccc1. The second kappa shape index (κ2) is 4.01. The summed E-state index contributed by atoms with van der Waals surface area (Å²) in [5.41, 5.74) is 1.16. The van der Waals surface area contributed by atoms with Crippen molar-refractivity contribution in [3.8, 4) is 0 Å². The predicted molar refractivity (Wildman–Crippen MR) is 57.9 cm³/mol. The zero-order chi connectivity index (χ0) is 9.97. The van der Waals surface area contributed by atoms with Crippen LogP contribution in [0.1, 0.15) is 18.6 Å². The number of ether oxygens (including phenoxy) is 1. The Morgan fingerprint density at radius 2 is 2.07 bits per heavy atom. The van der Waals surface area contributed by atoms with Crippen molar-refractivity contribution in [3.63, 3.8) is 0 Å². The lowest BCUT2D eigenvalue weighted by molar-refractivity contribution is 0.200. The fourth-order valence-corrected chi connectivity index (χ4v) is 1.76. The van der Waals surface area contributed by atoms with E-state index in [1.807, 2.05) is 37.3 Å². The Morgan fingerprint density at radius 3 is 2.64 bits per heavy atom. The predicted octanol–water partition coefficient (Wildman–Crippen LogP) is 2.78. The van der Waals surface area contributed by atoms with E-state index in [2.05, 4.69) is 4.99 Å². The lowest BCUT2D eigenvalue weighted by Crippen LogP contribution is -2.10. The molecule has 1 aromatic rings. The van der Waals surface area contributed by atoms with E-state index in [4.69, 9.17) is 16.3 Å². The number of benzene rings is 1. The molecule has 0 unspecified atom stereocenters. The van der Waals surface area contributed by atoms with Crippen LogP contribution in [0.4, 0.5) is 0 Å². The molecule has 2 atom stereocenters. The monoisotopic (exact) mass is 209 g/mol. The fourth-order valence-electron chi connectivity index (χ4n) is 1.63. The summed E-state index contributed by atoms with van der Waals surface area (Å²) in [6.07, 6.45) is 0.0324. The van der Waals surface area contributed by atoms with Crippen LogP contribution in [-0.2, 0) is 4.74 Å². The van der Waals surface area contributed by atoms with Gasteiger partial charge in [0.25, 0.3) is 0 Å². The number of halogens is 1. The van der Waals surface area contributed by atoms with E-state index in [1.54, 1.807) is 0 Å². The van der Waals surface area contributed by atoms with Crippen molar-refractivity contribution in [3.05, 3.63) is 35.9 Å². The first-order valence-corrected chi connectivity index (χ1v) is 5.19. The molecule has 1 heterocycles. The molecule has 0 saturated heterocycles. The van der Waals surface area contributed by atoms with E-state index in [0.717, 1.165) is 5.56 Å². The van der Waals surface area contributed by atoms with Gasteiger partial charge in [-0.1, -0.05) is 30.3 Å². The summed E-state index contributed by atoms with van der Waals surface area (Å²) in [6, 6.07) is 10.3. The van der Waals surface area contributed by atoms with Crippen LogP contribution in [0.2, 0.25) is 0 Å². The molecule has 1 aromatic carbocycles. The van der Waals surface area contributed by atoms with Gasteiger partial charge in [0, 0.05) is 0 Å². The second-order valence-electron chi connectivity index (χ2n) is 3.35. The number of hydrogen-bond donors (Lipinski definition) is 0. The van der Waals surface area contributed by atoms with Gasteiger partial charge in [-0.3, -0.25) is 0 Å². The van der Waals surface area contributed by atoms with Gasteiger partial charge in [0.15, 0.2) is 5.90 Å². The van der Waals surface area contributed by atoms with Crippen molar-refractivity contribution in [1.82, 2.24) is 0 Å². The minimum atomic E-state index is 0.0324. The lowest BCUT2D eigenvalue weighted by Gasteiger charge is -2.14. The van der Waals surface area contributed by atoms with Gasteiger partial charge in [0.1, 0.15) is 6.10 Å². The summed E-state index contributed by atoms with van der Waals surface area (Å²) >= 11 is 5.67. The highest BCUT2D eigenvalue weighted by Gasteiger charge is 2.27. The molecule has 74 valence electrons. The maximum atomic E-state index is 5.67. The molecule has 0 bridgehead atoms. The van der Waals surface area contributed by atoms with Gasteiger partial charge < -0.3 is 4.74 Å². The van der Waals surface area contributed by atoms with Crippen molar-refractivity contribution < 1.29 is 4.74 Å². The van der Waals surface area contributed by atoms with Crippen molar-refractivity contribution in [2.75, 3.05) is 5.88 Å². The average molecular weight is 210 g/mol. The highest BCUT2D eigenvalue weighted by atomic mass is 35.5. The van der Waals surface area contributed by atoms with Crippen LogP contribution < -0.4 is 0 Å². The minimum Gasteiger partial charge on any atom is -0.470 e. The van der Waals surface area contributed by atoms with Gasteiger partial charge in [-0.15, -0.1) is 11.6 Å². The third-order valence-electron chi connectivity index (χ3n) is 2.29. The maximum absolute atomic E-state index is 5.67. The molecule has 2 rings (SSSR count). The molecule has 2 nitrogen and oxygen atoms in total. The van der Waals surface area contributed by atoms with E-state index in [0.29, 0.717) is 11.8 Å². The fraction of sp³-hybridized carbons (Fsp3) is 0.364. The normalized spacial score (nSPS) is 25.7. The van der Waals surface area contributed by atoms with Crippen LogP contribution in [0.15, 0.2) is 35.3 Å². The van der Waals surface area contributed by atoms with Crippen LogP contribution in [0.3, 0.4) is 0 Å². The molecule has 14 heavy (non-hydrogen) atoms. The summed E-state index contributed by atoms with van der Waals surface area (Å²) in [4.78, 5) is 4.33. The molecule has 0 aliphatic carbocycles. The molecule has 0 aromatic heterocycles. The van der Waals surface area contributed by atoms with Crippen molar-refractivity contribution >= 4 is 17.5 Å². The van der Waals surface area contributed by atoms with Crippen molar-refractivity contribution in [1.29, 1.82) is 0 Å². The van der Waals surface area contributed by atoms with E-state index in [9.17, 15) is 0 Å². The Labute approximate surface area is 88.6 Å². The molecule has 1 aliphatic heterocycles. The molecular weight excluding hydrogens is 198 g/mol. The third kappa shape index (κ3) is 1.75. The number of hydrogen-bond acceptors (Lipinski definition) is 2. The first-order valence-electron chi connectivity index (χ1n) is 4.65. The number of alkyl halides is 1. The summed E-state index contributed by atoms with van der Waals surface area (Å²) in [7, 11) is 0. The summed E-state index contributed by atoms with van der Waals surface area (Å²) in [6.45, 7) is 2.04. The van der Waals surface area contributed by atoms with Crippen LogP contribution >= 0.6 is 11.6 Å². The number of aliphatic imine (C=N–C) groups is 1. The summed E-state index contributed by atoms with van der Waals surface area (Å²) < 4.78 is 5.63. The molecule has 0 saturated carbocycles. The number of rotatable bonds is 2. The second-order valence-corrected chi connectivity index (χ2v) is 3.61. The standard InChI is InChI=1S/C11H12ClNO/c1-8-11(14-10(7-12)13-8)9-5-3-2-4-6-9/h2-6,8,11H,7H2,1H3/t8-,11-/m1/s1. The molecule has 0 amide bonds. The number of nitrogens with zero attached hydrogens (tertiary/aromatic N) is 1.